The molecule has 10 heteroatoms. The number of rotatable bonds is 4. The smallest absolute Gasteiger partial charge is 0.342 e. The van der Waals surface area contributed by atoms with E-state index in [1.165, 1.54) is 4.90 Å². The first kappa shape index (κ1) is 17.4. The van der Waals surface area contributed by atoms with Crippen LogP contribution in [0.3, 0.4) is 0 Å². The quantitative estimate of drug-likeness (QED) is 0.837. The number of piperidine rings is 1. The Balaban J connectivity index is 1.69. The lowest BCUT2D eigenvalue weighted by Gasteiger charge is -2.32. The molecular formula is C15H19F3N6O. The van der Waals surface area contributed by atoms with Crippen LogP contribution in [0, 0.1) is 0 Å². The molecule has 0 spiro atoms. The lowest BCUT2D eigenvalue weighted by Crippen LogP contribution is -2.41. The van der Waals surface area contributed by atoms with Crippen molar-refractivity contribution in [2.45, 2.75) is 37.9 Å². The van der Waals surface area contributed by atoms with E-state index in [2.05, 4.69) is 15.2 Å². The highest BCUT2D eigenvalue weighted by Gasteiger charge is 2.36. The van der Waals surface area contributed by atoms with Crippen molar-refractivity contribution in [3.63, 3.8) is 0 Å². The maximum absolute atomic E-state index is 12.4. The fraction of sp³-hybridized carbons (Fsp3) is 0.600. The van der Waals surface area contributed by atoms with Crippen LogP contribution in [0.15, 0.2) is 18.7 Å². The average Bonchev–Trinajstić information content (AvgIpc) is 3.17. The lowest BCUT2D eigenvalue weighted by molar-refractivity contribution is -0.162. The van der Waals surface area contributed by atoms with Crippen molar-refractivity contribution in [1.29, 1.82) is 0 Å². The second kappa shape index (κ2) is 6.85. The number of aromatic nitrogens is 5. The standard InChI is InChI=1S/C15H19F3N6O/c1-22-12(9-23-6-4-19-10-23)20-21-14(22)11-3-2-5-24(8-11)13(25)7-15(16,17)18/h4,6,10-11H,2-3,5,7-9H2,1H3/t11-/m0/s1. The Morgan fingerprint density at radius 2 is 2.16 bits per heavy atom. The minimum atomic E-state index is -4.48. The van der Waals surface area contributed by atoms with Crippen molar-refractivity contribution < 1.29 is 18.0 Å². The SMILES string of the molecule is Cn1c(Cn2ccnc2)nnc1[C@H]1CCCN(C(=O)CC(F)(F)F)C1. The second-order valence-electron chi connectivity index (χ2n) is 6.24. The summed E-state index contributed by atoms with van der Waals surface area (Å²) in [5.41, 5.74) is 0. The van der Waals surface area contributed by atoms with Gasteiger partial charge in [0, 0.05) is 38.4 Å². The van der Waals surface area contributed by atoms with Crippen molar-refractivity contribution >= 4 is 5.91 Å². The molecule has 1 aliphatic rings. The summed E-state index contributed by atoms with van der Waals surface area (Å²) in [5, 5.41) is 8.38. The van der Waals surface area contributed by atoms with Crippen molar-refractivity contribution in [3.8, 4) is 0 Å². The van der Waals surface area contributed by atoms with Gasteiger partial charge in [0.1, 0.15) is 12.2 Å². The number of amides is 1. The molecule has 1 aliphatic heterocycles. The second-order valence-corrected chi connectivity index (χ2v) is 6.24. The summed E-state index contributed by atoms with van der Waals surface area (Å²) in [6.45, 7) is 1.10. The van der Waals surface area contributed by atoms with Crippen LogP contribution in [-0.4, -0.2) is 54.4 Å². The molecule has 7 nitrogen and oxygen atoms in total. The largest absolute Gasteiger partial charge is 0.397 e. The molecule has 1 saturated heterocycles. The molecule has 0 N–H and O–H groups in total. The third-order valence-electron chi connectivity index (χ3n) is 4.37. The zero-order valence-electron chi connectivity index (χ0n) is 13.8. The molecule has 3 rings (SSSR count). The van der Waals surface area contributed by atoms with E-state index < -0.39 is 18.5 Å². The van der Waals surface area contributed by atoms with Crippen molar-refractivity contribution in [3.05, 3.63) is 30.4 Å². The zero-order valence-corrected chi connectivity index (χ0v) is 13.8. The van der Waals surface area contributed by atoms with Crippen LogP contribution in [0.4, 0.5) is 13.2 Å². The Morgan fingerprint density at radius 3 is 2.84 bits per heavy atom. The summed E-state index contributed by atoms with van der Waals surface area (Å²) in [7, 11) is 1.83. The van der Waals surface area contributed by atoms with E-state index in [9.17, 15) is 18.0 Å². The van der Waals surface area contributed by atoms with E-state index in [1.807, 2.05) is 22.4 Å². The van der Waals surface area contributed by atoms with Gasteiger partial charge in [0.25, 0.3) is 0 Å². The summed E-state index contributed by atoms with van der Waals surface area (Å²) in [4.78, 5) is 17.1. The predicted octanol–water partition coefficient (Wildman–Crippen LogP) is 1.72. The van der Waals surface area contributed by atoms with Gasteiger partial charge < -0.3 is 14.0 Å². The number of hydrogen-bond donors (Lipinski definition) is 0. The van der Waals surface area contributed by atoms with Crippen molar-refractivity contribution in [2.75, 3.05) is 13.1 Å². The van der Waals surface area contributed by atoms with Crippen molar-refractivity contribution in [1.82, 2.24) is 29.2 Å². The Hall–Kier alpha value is -2.39. The van der Waals surface area contributed by atoms with Gasteiger partial charge >= 0.3 is 6.18 Å². The summed E-state index contributed by atoms with van der Waals surface area (Å²) in [5.74, 6) is 0.435. The van der Waals surface area contributed by atoms with E-state index in [0.29, 0.717) is 25.3 Å². The summed E-state index contributed by atoms with van der Waals surface area (Å²) in [6, 6.07) is 0. The number of carbonyl (C=O) groups excluding carboxylic acids is 1. The van der Waals surface area contributed by atoms with Gasteiger partial charge in [0.15, 0.2) is 5.82 Å². The highest BCUT2D eigenvalue weighted by molar-refractivity contribution is 5.77. The number of carbonyl (C=O) groups is 1. The van der Waals surface area contributed by atoms with Gasteiger partial charge in [-0.2, -0.15) is 13.2 Å². The summed E-state index contributed by atoms with van der Waals surface area (Å²) in [6.07, 6.45) is 0.684. The van der Waals surface area contributed by atoms with E-state index in [4.69, 9.17) is 0 Å². The van der Waals surface area contributed by atoms with Crippen LogP contribution in [0.2, 0.25) is 0 Å². The van der Waals surface area contributed by atoms with Gasteiger partial charge in [-0.05, 0) is 12.8 Å². The molecule has 25 heavy (non-hydrogen) atoms. The highest BCUT2D eigenvalue weighted by atomic mass is 19.4. The molecular weight excluding hydrogens is 337 g/mol. The molecule has 1 fully saturated rings. The molecule has 0 radical (unpaired) electrons. The van der Waals surface area contributed by atoms with Crippen LogP contribution < -0.4 is 0 Å². The number of imidazole rings is 1. The van der Waals surface area contributed by atoms with Crippen LogP contribution in [-0.2, 0) is 18.4 Å². The Morgan fingerprint density at radius 1 is 1.36 bits per heavy atom. The molecule has 2 aromatic rings. The number of nitrogens with zero attached hydrogens (tertiary/aromatic N) is 6. The van der Waals surface area contributed by atoms with Gasteiger partial charge in [-0.25, -0.2) is 4.98 Å². The first-order valence-electron chi connectivity index (χ1n) is 8.02. The molecule has 0 saturated carbocycles. The first-order chi connectivity index (χ1) is 11.8. The first-order valence-corrected chi connectivity index (χ1v) is 8.02. The average molecular weight is 356 g/mol. The number of alkyl halides is 3. The third-order valence-corrected chi connectivity index (χ3v) is 4.37. The van der Waals surface area contributed by atoms with E-state index >= 15 is 0 Å². The molecule has 0 aliphatic carbocycles. The van der Waals surface area contributed by atoms with Crippen LogP contribution in [0.25, 0.3) is 0 Å². The van der Waals surface area contributed by atoms with Gasteiger partial charge in [0.2, 0.25) is 5.91 Å². The topological polar surface area (TPSA) is 68.8 Å². The molecule has 1 amide bonds. The fourth-order valence-corrected chi connectivity index (χ4v) is 3.11. The van der Waals surface area contributed by atoms with Crippen LogP contribution in [0.1, 0.15) is 36.8 Å². The Bertz CT molecular complexity index is 724. The monoisotopic (exact) mass is 356 g/mol. The molecule has 0 unspecified atom stereocenters. The third kappa shape index (κ3) is 4.18. The Kier molecular flexibility index (Phi) is 4.78. The normalized spacial score (nSPS) is 18.6. The van der Waals surface area contributed by atoms with Crippen LogP contribution in [0.5, 0.6) is 0 Å². The zero-order chi connectivity index (χ0) is 18.0. The predicted molar refractivity (Wildman–Crippen MR) is 81.6 cm³/mol. The molecule has 3 heterocycles. The minimum absolute atomic E-state index is 0.111. The maximum Gasteiger partial charge on any atom is 0.397 e. The number of hydrogen-bond acceptors (Lipinski definition) is 4. The Labute approximate surface area is 142 Å². The molecule has 0 aromatic carbocycles. The number of likely N-dealkylation sites (tertiary alicyclic amines) is 1. The molecule has 0 bridgehead atoms. The summed E-state index contributed by atoms with van der Waals surface area (Å²) < 4.78 is 41.0. The highest BCUT2D eigenvalue weighted by Crippen LogP contribution is 2.28. The lowest BCUT2D eigenvalue weighted by atomic mass is 9.97. The van der Waals surface area contributed by atoms with Gasteiger partial charge in [-0.3, -0.25) is 4.79 Å². The van der Waals surface area contributed by atoms with Gasteiger partial charge in [0.05, 0.1) is 12.9 Å². The van der Waals surface area contributed by atoms with Crippen LogP contribution >= 0.6 is 0 Å². The molecule has 2 aromatic heterocycles. The number of halogens is 3. The van der Waals surface area contributed by atoms with Crippen molar-refractivity contribution in [2.24, 2.45) is 7.05 Å². The van der Waals surface area contributed by atoms with Gasteiger partial charge in [-0.15, -0.1) is 10.2 Å². The van der Waals surface area contributed by atoms with E-state index in [1.54, 1.807) is 12.5 Å². The minimum Gasteiger partial charge on any atom is -0.342 e. The van der Waals surface area contributed by atoms with E-state index in [-0.39, 0.29) is 12.5 Å². The fourth-order valence-electron chi connectivity index (χ4n) is 3.11. The molecule has 136 valence electrons. The van der Waals surface area contributed by atoms with Gasteiger partial charge in [-0.1, -0.05) is 0 Å². The summed E-state index contributed by atoms with van der Waals surface area (Å²) >= 11 is 0. The van der Waals surface area contributed by atoms with E-state index in [0.717, 1.165) is 12.2 Å². The molecule has 1 atom stereocenters. The maximum atomic E-state index is 12.4.